The van der Waals surface area contributed by atoms with Crippen LogP contribution in [-0.4, -0.2) is 55.1 Å². The molecule has 3 nitrogen and oxygen atoms in total. The highest BCUT2D eigenvalue weighted by Gasteiger charge is 2.39. The van der Waals surface area contributed by atoms with Crippen LogP contribution in [0.4, 0.5) is 0 Å². The second-order valence-electron chi connectivity index (χ2n) is 7.18. The van der Waals surface area contributed by atoms with E-state index in [0.717, 1.165) is 13.0 Å². The van der Waals surface area contributed by atoms with E-state index in [2.05, 4.69) is 51.6 Å². The number of nitrogens with zero attached hydrogens (tertiary/aromatic N) is 2. The Bertz CT molecular complexity index is 245. The Morgan fingerprint density at radius 3 is 2.39 bits per heavy atom. The van der Waals surface area contributed by atoms with Gasteiger partial charge in [0.05, 0.1) is 0 Å². The summed E-state index contributed by atoms with van der Waals surface area (Å²) in [5.41, 5.74) is 6.68. The summed E-state index contributed by atoms with van der Waals surface area (Å²) < 4.78 is 0. The minimum atomic E-state index is 0.254. The fraction of sp³-hybridized carbons (Fsp3) is 1.00. The molecule has 0 aliphatic carbocycles. The van der Waals surface area contributed by atoms with E-state index in [1.807, 2.05) is 0 Å². The van der Waals surface area contributed by atoms with Crippen molar-refractivity contribution in [1.82, 2.24) is 9.80 Å². The van der Waals surface area contributed by atoms with Crippen LogP contribution in [0.3, 0.4) is 0 Å². The molecule has 1 aliphatic heterocycles. The zero-order chi connectivity index (χ0) is 13.9. The lowest BCUT2D eigenvalue weighted by molar-refractivity contribution is 0.0562. The van der Waals surface area contributed by atoms with Gasteiger partial charge in [-0.05, 0) is 45.3 Å². The van der Waals surface area contributed by atoms with Gasteiger partial charge in [0.15, 0.2) is 0 Å². The zero-order valence-corrected chi connectivity index (χ0v) is 13.2. The van der Waals surface area contributed by atoms with Crippen molar-refractivity contribution >= 4 is 0 Å². The summed E-state index contributed by atoms with van der Waals surface area (Å²) in [7, 11) is 4.34. The van der Waals surface area contributed by atoms with Crippen molar-refractivity contribution in [3.05, 3.63) is 0 Å². The van der Waals surface area contributed by atoms with E-state index >= 15 is 0 Å². The Balaban J connectivity index is 2.84. The number of rotatable bonds is 5. The first-order valence-electron chi connectivity index (χ1n) is 7.43. The van der Waals surface area contributed by atoms with Crippen LogP contribution in [0.5, 0.6) is 0 Å². The number of likely N-dealkylation sites (tertiary alicyclic amines) is 1. The van der Waals surface area contributed by atoms with Crippen molar-refractivity contribution in [2.75, 3.05) is 27.2 Å². The third-order valence-corrected chi connectivity index (χ3v) is 4.12. The molecular weight excluding hydrogens is 222 g/mol. The Morgan fingerprint density at radius 1 is 1.33 bits per heavy atom. The van der Waals surface area contributed by atoms with Gasteiger partial charge in [0, 0.05) is 24.7 Å². The third-order valence-electron chi connectivity index (χ3n) is 4.12. The van der Waals surface area contributed by atoms with Crippen LogP contribution in [0.15, 0.2) is 0 Å². The van der Waals surface area contributed by atoms with Gasteiger partial charge < -0.3 is 10.6 Å². The van der Waals surface area contributed by atoms with Crippen LogP contribution in [0.1, 0.15) is 47.0 Å². The maximum absolute atomic E-state index is 6.42. The monoisotopic (exact) mass is 255 g/mol. The van der Waals surface area contributed by atoms with Gasteiger partial charge in [-0.1, -0.05) is 27.7 Å². The fourth-order valence-electron chi connectivity index (χ4n) is 3.45. The standard InChI is InChI=1S/C15H33N3/c1-7-13(16)14(15(2,3)4)18-10-8-9-12(18)11-17(5)6/h12-14H,7-11,16H2,1-6H3. The molecule has 0 saturated carbocycles. The SMILES string of the molecule is CCC(N)C(N1CCCC1CN(C)C)C(C)(C)C. The van der Waals surface area contributed by atoms with Crippen molar-refractivity contribution in [3.63, 3.8) is 0 Å². The maximum atomic E-state index is 6.42. The molecule has 2 N–H and O–H groups in total. The van der Waals surface area contributed by atoms with Crippen LogP contribution < -0.4 is 5.73 Å². The average Bonchev–Trinajstić information content (AvgIpc) is 2.63. The molecule has 0 bridgehead atoms. The largest absolute Gasteiger partial charge is 0.326 e. The van der Waals surface area contributed by atoms with E-state index in [-0.39, 0.29) is 11.5 Å². The van der Waals surface area contributed by atoms with Crippen LogP contribution in [0.25, 0.3) is 0 Å². The predicted octanol–water partition coefficient (Wildman–Crippen LogP) is 2.16. The summed E-state index contributed by atoms with van der Waals surface area (Å²) in [6, 6.07) is 1.46. The summed E-state index contributed by atoms with van der Waals surface area (Å²) in [4.78, 5) is 4.99. The Morgan fingerprint density at radius 2 is 1.94 bits per heavy atom. The lowest BCUT2D eigenvalue weighted by Crippen LogP contribution is -2.57. The molecule has 3 unspecified atom stereocenters. The smallest absolute Gasteiger partial charge is 0.0298 e. The first-order chi connectivity index (χ1) is 8.27. The molecule has 0 aromatic rings. The molecule has 0 amide bonds. The summed E-state index contributed by atoms with van der Waals surface area (Å²) >= 11 is 0. The van der Waals surface area contributed by atoms with Gasteiger partial charge >= 0.3 is 0 Å². The molecule has 108 valence electrons. The molecule has 3 atom stereocenters. The van der Waals surface area contributed by atoms with Gasteiger partial charge in [-0.3, -0.25) is 4.90 Å². The van der Waals surface area contributed by atoms with E-state index < -0.39 is 0 Å². The third kappa shape index (κ3) is 3.94. The molecule has 0 radical (unpaired) electrons. The van der Waals surface area contributed by atoms with Gasteiger partial charge in [-0.2, -0.15) is 0 Å². The van der Waals surface area contributed by atoms with Crippen molar-refractivity contribution in [3.8, 4) is 0 Å². The van der Waals surface area contributed by atoms with Crippen molar-refractivity contribution in [2.24, 2.45) is 11.1 Å². The fourth-order valence-corrected chi connectivity index (χ4v) is 3.45. The molecule has 1 saturated heterocycles. The minimum Gasteiger partial charge on any atom is -0.326 e. The highest BCUT2D eigenvalue weighted by Crippen LogP contribution is 2.33. The van der Waals surface area contributed by atoms with E-state index in [1.165, 1.54) is 19.4 Å². The van der Waals surface area contributed by atoms with E-state index in [1.54, 1.807) is 0 Å². The van der Waals surface area contributed by atoms with Gasteiger partial charge in [0.2, 0.25) is 0 Å². The highest BCUT2D eigenvalue weighted by atomic mass is 15.3. The quantitative estimate of drug-likeness (QED) is 0.817. The van der Waals surface area contributed by atoms with E-state index in [9.17, 15) is 0 Å². The average molecular weight is 255 g/mol. The number of likely N-dealkylation sites (N-methyl/N-ethyl adjacent to an activating group) is 1. The summed E-state index contributed by atoms with van der Waals surface area (Å²) in [5, 5.41) is 0. The topological polar surface area (TPSA) is 32.5 Å². The first-order valence-corrected chi connectivity index (χ1v) is 7.43. The summed E-state index contributed by atoms with van der Waals surface area (Å²) in [6.07, 6.45) is 3.70. The molecule has 1 rings (SSSR count). The van der Waals surface area contributed by atoms with Crippen LogP contribution in [0.2, 0.25) is 0 Å². The van der Waals surface area contributed by atoms with Crippen LogP contribution >= 0.6 is 0 Å². The van der Waals surface area contributed by atoms with Gasteiger partial charge in [-0.15, -0.1) is 0 Å². The van der Waals surface area contributed by atoms with Crippen LogP contribution in [-0.2, 0) is 0 Å². The lowest BCUT2D eigenvalue weighted by atomic mass is 9.80. The lowest BCUT2D eigenvalue weighted by Gasteiger charge is -2.45. The molecule has 0 aromatic carbocycles. The van der Waals surface area contributed by atoms with Crippen LogP contribution in [0, 0.1) is 5.41 Å². The zero-order valence-electron chi connectivity index (χ0n) is 13.2. The molecule has 1 aliphatic rings. The highest BCUT2D eigenvalue weighted by molar-refractivity contribution is 4.96. The Kier molecular flexibility index (Phi) is 5.63. The first kappa shape index (κ1) is 15.9. The predicted molar refractivity (Wildman–Crippen MR) is 79.8 cm³/mol. The second kappa shape index (κ2) is 6.36. The molecule has 18 heavy (non-hydrogen) atoms. The van der Waals surface area contributed by atoms with E-state index in [4.69, 9.17) is 5.73 Å². The number of nitrogens with two attached hydrogens (primary N) is 1. The second-order valence-corrected chi connectivity index (χ2v) is 7.18. The van der Waals surface area contributed by atoms with Gasteiger partial charge in [0.1, 0.15) is 0 Å². The van der Waals surface area contributed by atoms with Crippen molar-refractivity contribution in [2.45, 2.75) is 65.1 Å². The minimum absolute atomic E-state index is 0.254. The van der Waals surface area contributed by atoms with Gasteiger partial charge in [0.25, 0.3) is 0 Å². The molecule has 0 spiro atoms. The molecular formula is C15H33N3. The summed E-state index contributed by atoms with van der Waals surface area (Å²) in [5.74, 6) is 0. The normalized spacial score (nSPS) is 25.7. The number of hydrogen-bond donors (Lipinski definition) is 1. The maximum Gasteiger partial charge on any atom is 0.0298 e. The van der Waals surface area contributed by atoms with E-state index in [0.29, 0.717) is 12.1 Å². The molecule has 1 fully saturated rings. The molecule has 1 heterocycles. The Hall–Kier alpha value is -0.120. The van der Waals surface area contributed by atoms with Crippen molar-refractivity contribution in [1.29, 1.82) is 0 Å². The Labute approximate surface area is 114 Å². The van der Waals surface area contributed by atoms with Crippen molar-refractivity contribution < 1.29 is 0 Å². The summed E-state index contributed by atoms with van der Waals surface area (Å²) in [6.45, 7) is 11.6. The van der Waals surface area contributed by atoms with Gasteiger partial charge in [-0.25, -0.2) is 0 Å². The molecule has 0 aromatic heterocycles. The molecule has 3 heteroatoms. The number of hydrogen-bond acceptors (Lipinski definition) is 3.